The lowest BCUT2D eigenvalue weighted by Crippen LogP contribution is -2.26. The molecule has 5 nitrogen and oxygen atoms in total. The van der Waals surface area contributed by atoms with E-state index in [0.717, 1.165) is 0 Å². The lowest BCUT2D eigenvalue weighted by atomic mass is 10.2. The van der Waals surface area contributed by atoms with Crippen LogP contribution in [0, 0.1) is 0 Å². The van der Waals surface area contributed by atoms with E-state index in [1.165, 1.54) is 0 Å². The van der Waals surface area contributed by atoms with E-state index in [4.69, 9.17) is 5.11 Å². The minimum atomic E-state index is -1.05. The third-order valence-corrected chi connectivity index (χ3v) is 1.27. The summed E-state index contributed by atoms with van der Waals surface area (Å²) < 4.78 is 4.56. The number of alkyl carbamates (subject to hydrolysis) is 1. The van der Waals surface area contributed by atoms with E-state index in [2.05, 4.69) is 16.6 Å². The van der Waals surface area contributed by atoms with Gasteiger partial charge in [-0.1, -0.05) is 6.58 Å². The summed E-state index contributed by atoms with van der Waals surface area (Å²) in [7, 11) is 0. The predicted molar refractivity (Wildman–Crippen MR) is 46.4 cm³/mol. The molecule has 0 aliphatic heterocycles. The molecule has 0 atom stereocenters. The smallest absolute Gasteiger partial charge is 0.407 e. The van der Waals surface area contributed by atoms with Gasteiger partial charge in [-0.05, 0) is 13.3 Å². The van der Waals surface area contributed by atoms with Gasteiger partial charge in [0.05, 0.1) is 6.61 Å². The van der Waals surface area contributed by atoms with Crippen LogP contribution in [0.4, 0.5) is 4.79 Å². The van der Waals surface area contributed by atoms with Crippen molar-refractivity contribution in [1.29, 1.82) is 0 Å². The van der Waals surface area contributed by atoms with Crippen LogP contribution in [0.2, 0.25) is 0 Å². The first-order valence-electron chi connectivity index (χ1n) is 3.89. The van der Waals surface area contributed by atoms with Crippen LogP contribution in [-0.4, -0.2) is 30.3 Å². The van der Waals surface area contributed by atoms with Crippen LogP contribution in [-0.2, 0) is 9.53 Å². The second-order valence-electron chi connectivity index (χ2n) is 2.31. The van der Waals surface area contributed by atoms with Crippen molar-refractivity contribution in [3.63, 3.8) is 0 Å². The van der Waals surface area contributed by atoms with E-state index >= 15 is 0 Å². The standard InChI is InChI=1S/C8H13NO4/c1-3-13-8(12)9-5-4-6(2)7(10)11/h2-5H2,1H3,(H,9,12)(H,10,11). The summed E-state index contributed by atoms with van der Waals surface area (Å²) in [6, 6.07) is 0. The third-order valence-electron chi connectivity index (χ3n) is 1.27. The zero-order valence-corrected chi connectivity index (χ0v) is 7.50. The van der Waals surface area contributed by atoms with Crippen molar-refractivity contribution >= 4 is 12.1 Å². The average Bonchev–Trinajstić information content (AvgIpc) is 2.04. The van der Waals surface area contributed by atoms with Crippen molar-refractivity contribution in [3.8, 4) is 0 Å². The summed E-state index contributed by atoms with van der Waals surface area (Å²) in [6.45, 7) is 5.52. The maximum Gasteiger partial charge on any atom is 0.407 e. The van der Waals surface area contributed by atoms with Crippen molar-refractivity contribution in [2.45, 2.75) is 13.3 Å². The molecule has 0 saturated heterocycles. The van der Waals surface area contributed by atoms with E-state index in [9.17, 15) is 9.59 Å². The molecule has 0 bridgehead atoms. The number of rotatable bonds is 5. The Balaban J connectivity index is 3.50. The molecule has 13 heavy (non-hydrogen) atoms. The summed E-state index contributed by atoms with van der Waals surface area (Å²) in [5.41, 5.74) is 0.0665. The zero-order chi connectivity index (χ0) is 10.3. The number of nitrogens with one attached hydrogen (secondary N) is 1. The van der Waals surface area contributed by atoms with Gasteiger partial charge in [-0.15, -0.1) is 0 Å². The van der Waals surface area contributed by atoms with E-state index < -0.39 is 12.1 Å². The monoisotopic (exact) mass is 187 g/mol. The molecule has 0 unspecified atom stereocenters. The highest BCUT2D eigenvalue weighted by Gasteiger charge is 2.04. The minimum Gasteiger partial charge on any atom is -0.478 e. The number of amides is 1. The summed E-state index contributed by atoms with van der Waals surface area (Å²) in [4.78, 5) is 20.9. The summed E-state index contributed by atoms with van der Waals surface area (Å²) in [5, 5.41) is 10.8. The topological polar surface area (TPSA) is 75.6 Å². The molecule has 74 valence electrons. The van der Waals surface area contributed by atoms with E-state index in [-0.39, 0.29) is 18.5 Å². The lowest BCUT2D eigenvalue weighted by Gasteiger charge is -2.04. The van der Waals surface area contributed by atoms with Gasteiger partial charge in [-0.25, -0.2) is 9.59 Å². The van der Waals surface area contributed by atoms with Crippen molar-refractivity contribution in [2.75, 3.05) is 13.2 Å². The van der Waals surface area contributed by atoms with Gasteiger partial charge >= 0.3 is 12.1 Å². The molecule has 0 aliphatic carbocycles. The number of carbonyl (C=O) groups is 2. The number of aliphatic carboxylic acids is 1. The van der Waals surface area contributed by atoms with Crippen molar-refractivity contribution in [3.05, 3.63) is 12.2 Å². The minimum absolute atomic E-state index is 0.0665. The molecule has 0 aromatic carbocycles. The molecular weight excluding hydrogens is 174 g/mol. The molecule has 0 spiro atoms. The molecule has 0 rings (SSSR count). The van der Waals surface area contributed by atoms with Gasteiger partial charge in [0, 0.05) is 12.1 Å². The molecule has 0 fully saturated rings. The molecular formula is C8H13NO4. The van der Waals surface area contributed by atoms with Gasteiger partial charge in [0.15, 0.2) is 0 Å². The Bertz CT molecular complexity index is 212. The quantitative estimate of drug-likeness (QED) is 0.623. The van der Waals surface area contributed by atoms with Crippen LogP contribution in [0.1, 0.15) is 13.3 Å². The Hall–Kier alpha value is -1.52. The van der Waals surface area contributed by atoms with E-state index in [1.54, 1.807) is 6.92 Å². The van der Waals surface area contributed by atoms with Crippen LogP contribution in [0.15, 0.2) is 12.2 Å². The number of hydrogen-bond donors (Lipinski definition) is 2. The molecule has 0 aromatic rings. The predicted octanol–water partition coefficient (Wildman–Crippen LogP) is 0.763. The SMILES string of the molecule is C=C(CCNC(=O)OCC)C(=O)O. The fourth-order valence-electron chi connectivity index (χ4n) is 0.605. The number of carboxylic acid groups (broad SMARTS) is 1. The Morgan fingerprint density at radius 1 is 1.54 bits per heavy atom. The van der Waals surface area contributed by atoms with Crippen LogP contribution < -0.4 is 5.32 Å². The third kappa shape index (κ3) is 5.72. The first-order valence-corrected chi connectivity index (χ1v) is 3.89. The summed E-state index contributed by atoms with van der Waals surface area (Å²) in [6.07, 6.45) is -0.325. The van der Waals surface area contributed by atoms with E-state index in [1.807, 2.05) is 0 Å². The highest BCUT2D eigenvalue weighted by Crippen LogP contribution is 1.95. The first kappa shape index (κ1) is 11.5. The molecule has 0 heterocycles. The Labute approximate surface area is 76.4 Å². The first-order chi connectivity index (χ1) is 6.07. The number of carboxylic acids is 1. The van der Waals surface area contributed by atoms with Gasteiger partial charge < -0.3 is 15.2 Å². The summed E-state index contributed by atoms with van der Waals surface area (Å²) >= 11 is 0. The average molecular weight is 187 g/mol. The maximum atomic E-state index is 10.7. The molecule has 1 amide bonds. The van der Waals surface area contributed by atoms with Crippen LogP contribution >= 0.6 is 0 Å². The Kier molecular flexibility index (Phi) is 5.34. The molecule has 0 radical (unpaired) electrons. The Morgan fingerprint density at radius 3 is 2.62 bits per heavy atom. The second kappa shape index (κ2) is 6.05. The maximum absolute atomic E-state index is 10.7. The zero-order valence-electron chi connectivity index (χ0n) is 7.50. The van der Waals surface area contributed by atoms with Gasteiger partial charge in [0.25, 0.3) is 0 Å². The summed E-state index contributed by atoms with van der Waals surface area (Å²) in [5.74, 6) is -1.05. The van der Waals surface area contributed by atoms with Gasteiger partial charge in [-0.3, -0.25) is 0 Å². The van der Waals surface area contributed by atoms with Crippen LogP contribution in [0.5, 0.6) is 0 Å². The largest absolute Gasteiger partial charge is 0.478 e. The fraction of sp³-hybridized carbons (Fsp3) is 0.500. The lowest BCUT2D eigenvalue weighted by molar-refractivity contribution is -0.132. The highest BCUT2D eigenvalue weighted by atomic mass is 16.5. The van der Waals surface area contributed by atoms with Crippen LogP contribution in [0.3, 0.4) is 0 Å². The normalized spacial score (nSPS) is 9.00. The molecule has 2 N–H and O–H groups in total. The molecule has 5 heteroatoms. The van der Waals surface area contributed by atoms with Crippen molar-refractivity contribution in [2.24, 2.45) is 0 Å². The molecule has 0 saturated carbocycles. The van der Waals surface area contributed by atoms with Gasteiger partial charge in [0.2, 0.25) is 0 Å². The molecule has 0 aliphatic rings. The molecule has 0 aromatic heterocycles. The second-order valence-corrected chi connectivity index (χ2v) is 2.31. The number of hydrogen-bond acceptors (Lipinski definition) is 3. The Morgan fingerprint density at radius 2 is 2.15 bits per heavy atom. The highest BCUT2D eigenvalue weighted by molar-refractivity contribution is 5.85. The van der Waals surface area contributed by atoms with E-state index in [0.29, 0.717) is 6.61 Å². The van der Waals surface area contributed by atoms with Gasteiger partial charge in [-0.2, -0.15) is 0 Å². The fourth-order valence-corrected chi connectivity index (χ4v) is 0.605. The van der Waals surface area contributed by atoms with Gasteiger partial charge in [0.1, 0.15) is 0 Å². The van der Waals surface area contributed by atoms with Crippen molar-refractivity contribution < 1.29 is 19.4 Å². The number of carbonyl (C=O) groups excluding carboxylic acids is 1. The number of ether oxygens (including phenoxy) is 1. The van der Waals surface area contributed by atoms with Crippen LogP contribution in [0.25, 0.3) is 0 Å². The van der Waals surface area contributed by atoms with Crippen molar-refractivity contribution in [1.82, 2.24) is 5.32 Å².